The summed E-state index contributed by atoms with van der Waals surface area (Å²) in [5, 5.41) is 20.4. The summed E-state index contributed by atoms with van der Waals surface area (Å²) >= 11 is 0. The monoisotopic (exact) mass is 508 g/mol. The number of aliphatic hydroxyl groups is 2. The summed E-state index contributed by atoms with van der Waals surface area (Å²) in [5.41, 5.74) is 6.98. The Hall–Kier alpha value is -3.53. The Kier molecular flexibility index (Phi) is 7.49. The minimum atomic E-state index is -1.44. The number of aliphatic hydroxyl groups excluding tert-OH is 1. The summed E-state index contributed by atoms with van der Waals surface area (Å²) in [4.78, 5) is 29.4. The number of pyridine rings is 1. The molecule has 0 spiro atoms. The van der Waals surface area contributed by atoms with Gasteiger partial charge in [0.15, 0.2) is 28.8 Å². The van der Waals surface area contributed by atoms with Crippen LogP contribution in [0.3, 0.4) is 0 Å². The van der Waals surface area contributed by atoms with E-state index in [1.807, 2.05) is 6.92 Å². The van der Waals surface area contributed by atoms with Crippen molar-refractivity contribution in [2.24, 2.45) is 5.73 Å². The number of methoxy groups -OCH3 is 1. The van der Waals surface area contributed by atoms with E-state index >= 15 is 0 Å². The lowest BCUT2D eigenvalue weighted by atomic mass is 9.87. The van der Waals surface area contributed by atoms with Crippen molar-refractivity contribution < 1.29 is 34.0 Å². The molecule has 4 rings (SSSR count). The quantitative estimate of drug-likeness (QED) is 0.413. The highest BCUT2D eigenvalue weighted by Crippen LogP contribution is 2.43. The predicted octanol–water partition coefficient (Wildman–Crippen LogP) is 2.81. The Morgan fingerprint density at radius 2 is 2.05 bits per heavy atom. The van der Waals surface area contributed by atoms with Gasteiger partial charge < -0.3 is 30.2 Å². The number of hydrogen-bond acceptors (Lipinski definition) is 9. The van der Waals surface area contributed by atoms with Crippen LogP contribution in [0.1, 0.15) is 60.4 Å². The number of aromatic nitrogens is 1. The van der Waals surface area contributed by atoms with Crippen molar-refractivity contribution in [1.29, 1.82) is 0 Å². The van der Waals surface area contributed by atoms with Crippen molar-refractivity contribution in [3.63, 3.8) is 0 Å². The van der Waals surface area contributed by atoms with Crippen LogP contribution in [-0.4, -0.2) is 53.7 Å². The van der Waals surface area contributed by atoms with Crippen molar-refractivity contribution in [2.45, 2.75) is 44.2 Å². The maximum atomic E-state index is 13.0. The highest BCUT2D eigenvalue weighted by molar-refractivity contribution is 5.98. The Bertz CT molecular complexity index is 1280. The lowest BCUT2D eigenvalue weighted by molar-refractivity contribution is -0.113. The fourth-order valence-electron chi connectivity index (χ4n) is 4.33. The molecule has 2 aromatic rings. The van der Waals surface area contributed by atoms with Gasteiger partial charge in [0.1, 0.15) is 24.5 Å². The normalized spacial score (nSPS) is 20.1. The molecule has 9 nitrogen and oxygen atoms in total. The van der Waals surface area contributed by atoms with E-state index in [9.17, 15) is 14.7 Å². The average molecular weight is 509 g/mol. The molecule has 2 aliphatic rings. The van der Waals surface area contributed by atoms with Gasteiger partial charge in [0.05, 0.1) is 24.9 Å². The first-order valence-electron chi connectivity index (χ1n) is 12.1. The van der Waals surface area contributed by atoms with E-state index in [0.29, 0.717) is 39.8 Å². The van der Waals surface area contributed by atoms with Gasteiger partial charge in [0, 0.05) is 29.5 Å². The van der Waals surface area contributed by atoms with Crippen LogP contribution < -0.4 is 19.9 Å². The smallest absolute Gasteiger partial charge is 0.163 e. The second-order valence-electron chi connectivity index (χ2n) is 9.74. The second kappa shape index (κ2) is 10.5. The number of ether oxygens (including phenoxy) is 3. The molecule has 1 aromatic carbocycles. The van der Waals surface area contributed by atoms with Gasteiger partial charge in [-0.15, -0.1) is 0 Å². The maximum Gasteiger partial charge on any atom is 0.163 e. The standard InChI is InChI=1S/C28H32N2O7/c1-27(29)16-37-26-20(27)15-24(30-25(26)17-4-7-19(32)8-5-17)28(2,34)11-10-21(33)18-6-9-22(36-13-12-31)23(14-18)35-3/h4-7,9,14-15,31,34H,8,10-13,16,29H2,1-3H3. The minimum absolute atomic E-state index is 0.00346. The number of allylic oxidation sites excluding steroid dienone is 4. The van der Waals surface area contributed by atoms with Crippen LogP contribution in [0.5, 0.6) is 17.2 Å². The lowest BCUT2D eigenvalue weighted by Gasteiger charge is -2.26. The van der Waals surface area contributed by atoms with Gasteiger partial charge in [0.25, 0.3) is 0 Å². The third-order valence-corrected chi connectivity index (χ3v) is 6.58. The van der Waals surface area contributed by atoms with Crippen LogP contribution in [-0.2, 0) is 15.9 Å². The van der Waals surface area contributed by atoms with Gasteiger partial charge in [-0.05, 0) is 56.7 Å². The molecule has 1 aliphatic carbocycles. The lowest BCUT2D eigenvalue weighted by Crippen LogP contribution is -2.35. The van der Waals surface area contributed by atoms with Crippen molar-refractivity contribution in [2.75, 3.05) is 26.9 Å². The van der Waals surface area contributed by atoms with Crippen molar-refractivity contribution >= 4 is 17.1 Å². The predicted molar refractivity (Wildman–Crippen MR) is 137 cm³/mol. The number of nitrogens with zero attached hydrogens (tertiary/aromatic N) is 1. The SMILES string of the molecule is COc1cc(C(=O)CCC(C)(O)c2cc3c(c(C4=CCC(=O)C=C4)n2)OCC3(C)N)ccc1OCCO. The van der Waals surface area contributed by atoms with Crippen LogP contribution in [0, 0.1) is 0 Å². The number of carbonyl (C=O) groups excluding carboxylic acids is 2. The van der Waals surface area contributed by atoms with Crippen molar-refractivity contribution in [1.82, 2.24) is 4.98 Å². The molecule has 2 unspecified atom stereocenters. The molecule has 4 N–H and O–H groups in total. The molecule has 2 atom stereocenters. The number of nitrogens with two attached hydrogens (primary N) is 1. The van der Waals surface area contributed by atoms with Gasteiger partial charge in [0.2, 0.25) is 0 Å². The highest BCUT2D eigenvalue weighted by Gasteiger charge is 2.38. The Balaban J connectivity index is 1.58. The van der Waals surface area contributed by atoms with Crippen LogP contribution in [0.4, 0.5) is 0 Å². The van der Waals surface area contributed by atoms with Crippen LogP contribution >= 0.6 is 0 Å². The van der Waals surface area contributed by atoms with Gasteiger partial charge in [-0.2, -0.15) is 0 Å². The average Bonchev–Trinajstić information content (AvgIpc) is 3.20. The molecule has 9 heteroatoms. The molecular formula is C28H32N2O7. The van der Waals surface area contributed by atoms with E-state index in [1.165, 1.54) is 13.2 Å². The van der Waals surface area contributed by atoms with Gasteiger partial charge >= 0.3 is 0 Å². The molecule has 0 amide bonds. The van der Waals surface area contributed by atoms with Crippen LogP contribution in [0.2, 0.25) is 0 Å². The summed E-state index contributed by atoms with van der Waals surface area (Å²) in [6.45, 7) is 3.69. The fraction of sp³-hybridized carbons (Fsp3) is 0.393. The number of fused-ring (bicyclic) bond motifs is 1. The third-order valence-electron chi connectivity index (χ3n) is 6.58. The molecule has 0 bridgehead atoms. The number of carbonyl (C=O) groups is 2. The molecule has 0 saturated heterocycles. The van der Waals surface area contributed by atoms with Gasteiger partial charge in [-0.3, -0.25) is 9.59 Å². The number of benzene rings is 1. The summed E-state index contributed by atoms with van der Waals surface area (Å²) in [5.74, 6) is 1.16. The molecule has 0 radical (unpaired) electrons. The van der Waals surface area contributed by atoms with Crippen molar-refractivity contribution in [3.8, 4) is 17.2 Å². The summed E-state index contributed by atoms with van der Waals surface area (Å²) in [7, 11) is 1.47. The summed E-state index contributed by atoms with van der Waals surface area (Å²) in [6, 6.07) is 6.56. The zero-order valence-electron chi connectivity index (χ0n) is 21.2. The number of ketones is 2. The van der Waals surface area contributed by atoms with E-state index in [2.05, 4.69) is 0 Å². The van der Waals surface area contributed by atoms with E-state index < -0.39 is 11.1 Å². The van der Waals surface area contributed by atoms with E-state index in [0.717, 1.165) is 5.57 Å². The number of hydrogen-bond donors (Lipinski definition) is 3. The second-order valence-corrected chi connectivity index (χ2v) is 9.74. The zero-order valence-corrected chi connectivity index (χ0v) is 21.2. The maximum absolute atomic E-state index is 13.0. The Labute approximate surface area is 215 Å². The molecule has 0 saturated carbocycles. The zero-order chi connectivity index (χ0) is 26.8. The Morgan fingerprint density at radius 1 is 1.27 bits per heavy atom. The highest BCUT2D eigenvalue weighted by atomic mass is 16.5. The fourth-order valence-corrected chi connectivity index (χ4v) is 4.33. The van der Waals surface area contributed by atoms with Gasteiger partial charge in [-0.1, -0.05) is 6.08 Å². The first-order chi connectivity index (χ1) is 17.6. The van der Waals surface area contributed by atoms with Gasteiger partial charge in [-0.25, -0.2) is 4.98 Å². The molecule has 196 valence electrons. The molecule has 2 heterocycles. The first-order valence-corrected chi connectivity index (χ1v) is 12.1. The topological polar surface area (TPSA) is 141 Å². The molecule has 37 heavy (non-hydrogen) atoms. The minimum Gasteiger partial charge on any atom is -0.493 e. The Morgan fingerprint density at radius 3 is 2.73 bits per heavy atom. The van der Waals surface area contributed by atoms with E-state index in [4.69, 9.17) is 30.0 Å². The summed E-state index contributed by atoms with van der Waals surface area (Å²) < 4.78 is 16.6. The molecule has 0 fully saturated rings. The van der Waals surface area contributed by atoms with Crippen LogP contribution in [0.15, 0.2) is 42.5 Å². The van der Waals surface area contributed by atoms with Crippen LogP contribution in [0.25, 0.3) is 5.57 Å². The van der Waals surface area contributed by atoms with E-state index in [1.54, 1.807) is 43.3 Å². The van der Waals surface area contributed by atoms with E-state index in [-0.39, 0.29) is 50.6 Å². The molecule has 1 aromatic heterocycles. The largest absolute Gasteiger partial charge is 0.493 e. The molecular weight excluding hydrogens is 476 g/mol. The first kappa shape index (κ1) is 26.5. The van der Waals surface area contributed by atoms with Crippen molar-refractivity contribution in [3.05, 3.63) is 65.0 Å². The third kappa shape index (κ3) is 5.58. The number of Topliss-reactive ketones (excluding diaryl/α,β-unsaturated/α-hetero) is 1. The number of rotatable bonds is 10. The molecule has 1 aliphatic heterocycles. The summed E-state index contributed by atoms with van der Waals surface area (Å²) in [6.07, 6.45) is 5.38.